The van der Waals surface area contributed by atoms with Crippen molar-refractivity contribution in [2.24, 2.45) is 5.41 Å². The summed E-state index contributed by atoms with van der Waals surface area (Å²) < 4.78 is 0.431. The number of rotatable bonds is 6. The maximum absolute atomic E-state index is 11.5. The number of thioether (sulfide) groups is 1. The van der Waals surface area contributed by atoms with Crippen molar-refractivity contribution in [2.75, 3.05) is 25.9 Å². The highest BCUT2D eigenvalue weighted by molar-refractivity contribution is 8.00. The summed E-state index contributed by atoms with van der Waals surface area (Å²) in [7, 11) is 0. The summed E-state index contributed by atoms with van der Waals surface area (Å²) in [5.41, 5.74) is -0.460. The fourth-order valence-electron chi connectivity index (χ4n) is 3.46. The molecular weight excluding hydrogens is 246 g/mol. The molecule has 18 heavy (non-hydrogen) atoms. The molecule has 1 saturated heterocycles. The first-order valence-corrected chi connectivity index (χ1v) is 8.29. The lowest BCUT2D eigenvalue weighted by Gasteiger charge is -2.43. The van der Waals surface area contributed by atoms with Crippen LogP contribution >= 0.6 is 11.8 Å². The second kappa shape index (κ2) is 5.41. The van der Waals surface area contributed by atoms with Gasteiger partial charge < -0.3 is 10.0 Å². The van der Waals surface area contributed by atoms with Crippen LogP contribution in [0.3, 0.4) is 0 Å². The zero-order chi connectivity index (χ0) is 13.2. The number of hydrogen-bond donors (Lipinski definition) is 1. The normalized spacial score (nSPS) is 31.2. The molecule has 104 valence electrons. The number of aliphatic carboxylic acids is 1. The van der Waals surface area contributed by atoms with Crippen LogP contribution in [0, 0.1) is 5.41 Å². The van der Waals surface area contributed by atoms with Gasteiger partial charge in [0.2, 0.25) is 0 Å². The first kappa shape index (κ1) is 14.2. The Kier molecular flexibility index (Phi) is 4.27. The minimum atomic E-state index is -0.585. The Balaban J connectivity index is 1.96. The smallest absolute Gasteiger partial charge is 0.310 e. The molecule has 3 nitrogen and oxygen atoms in total. The largest absolute Gasteiger partial charge is 0.481 e. The first-order valence-electron chi connectivity index (χ1n) is 7.07. The average Bonchev–Trinajstić information content (AvgIpc) is 2.69. The van der Waals surface area contributed by atoms with Crippen molar-refractivity contribution in [1.29, 1.82) is 0 Å². The molecule has 2 rings (SSSR count). The summed E-state index contributed by atoms with van der Waals surface area (Å²) in [5.74, 6) is -0.585. The molecule has 0 spiro atoms. The lowest BCUT2D eigenvalue weighted by atomic mass is 9.82. The Morgan fingerprint density at radius 3 is 2.56 bits per heavy atom. The van der Waals surface area contributed by atoms with Gasteiger partial charge in [-0.2, -0.15) is 11.8 Å². The van der Waals surface area contributed by atoms with Crippen molar-refractivity contribution in [3.63, 3.8) is 0 Å². The van der Waals surface area contributed by atoms with Gasteiger partial charge in [0.15, 0.2) is 0 Å². The quantitative estimate of drug-likeness (QED) is 0.806. The molecule has 0 radical (unpaired) electrons. The molecule has 1 heterocycles. The van der Waals surface area contributed by atoms with Crippen LogP contribution in [-0.4, -0.2) is 46.6 Å². The third kappa shape index (κ3) is 2.55. The Labute approximate surface area is 114 Å². The van der Waals surface area contributed by atoms with Crippen LogP contribution in [0.1, 0.15) is 45.4 Å². The van der Waals surface area contributed by atoms with Crippen LogP contribution in [0.4, 0.5) is 0 Å². The summed E-state index contributed by atoms with van der Waals surface area (Å²) in [6, 6.07) is 0. The molecule has 2 aliphatic rings. The fraction of sp³-hybridized carbons (Fsp3) is 0.929. The molecule has 1 aliphatic heterocycles. The topological polar surface area (TPSA) is 40.5 Å². The van der Waals surface area contributed by atoms with Gasteiger partial charge in [-0.1, -0.05) is 19.8 Å². The van der Waals surface area contributed by atoms with E-state index in [2.05, 4.69) is 18.1 Å². The highest BCUT2D eigenvalue weighted by Gasteiger charge is 2.46. The fourth-order valence-corrected chi connectivity index (χ4v) is 4.47. The maximum atomic E-state index is 11.5. The van der Waals surface area contributed by atoms with Crippen molar-refractivity contribution in [3.8, 4) is 0 Å². The monoisotopic (exact) mass is 271 g/mol. The molecule has 1 saturated carbocycles. The predicted octanol–water partition coefficient (Wildman–Crippen LogP) is 2.85. The van der Waals surface area contributed by atoms with Gasteiger partial charge in [-0.05, 0) is 38.5 Å². The zero-order valence-corrected chi connectivity index (χ0v) is 12.4. The molecule has 4 heteroatoms. The van der Waals surface area contributed by atoms with Crippen LogP contribution in [0.15, 0.2) is 0 Å². The van der Waals surface area contributed by atoms with E-state index in [0.29, 0.717) is 4.75 Å². The standard InChI is InChI=1S/C14H25NO2S/c1-3-5-13(12(16)17)8-9-15(10-13)11-14(18-2)6-4-7-14/h3-11H2,1-2H3,(H,16,17). The van der Waals surface area contributed by atoms with Gasteiger partial charge in [-0.15, -0.1) is 0 Å². The number of carboxylic acids is 1. The van der Waals surface area contributed by atoms with Gasteiger partial charge >= 0.3 is 5.97 Å². The number of carbonyl (C=O) groups is 1. The van der Waals surface area contributed by atoms with Crippen LogP contribution < -0.4 is 0 Å². The van der Waals surface area contributed by atoms with Gasteiger partial charge in [0.25, 0.3) is 0 Å². The van der Waals surface area contributed by atoms with Crippen molar-refractivity contribution in [3.05, 3.63) is 0 Å². The van der Waals surface area contributed by atoms with E-state index in [1.807, 2.05) is 11.8 Å². The van der Waals surface area contributed by atoms with Gasteiger partial charge in [-0.3, -0.25) is 4.79 Å². The van der Waals surface area contributed by atoms with Crippen LogP contribution in [0.5, 0.6) is 0 Å². The number of hydrogen-bond acceptors (Lipinski definition) is 3. The summed E-state index contributed by atoms with van der Waals surface area (Å²) in [5, 5.41) is 9.51. The van der Waals surface area contributed by atoms with E-state index in [-0.39, 0.29) is 0 Å². The molecule has 0 aromatic carbocycles. The van der Waals surface area contributed by atoms with E-state index in [9.17, 15) is 9.90 Å². The Morgan fingerprint density at radius 1 is 1.39 bits per heavy atom. The number of nitrogens with zero attached hydrogens (tertiary/aromatic N) is 1. The van der Waals surface area contributed by atoms with Gasteiger partial charge in [0.05, 0.1) is 5.41 Å². The molecule has 1 atom stereocenters. The highest BCUT2D eigenvalue weighted by atomic mass is 32.2. The summed E-state index contributed by atoms with van der Waals surface area (Å²) in [6.45, 7) is 4.91. The van der Waals surface area contributed by atoms with Gasteiger partial charge in [0, 0.05) is 17.8 Å². The Hall–Kier alpha value is -0.220. The molecule has 0 bridgehead atoms. The van der Waals surface area contributed by atoms with E-state index >= 15 is 0 Å². The Bertz CT molecular complexity index is 311. The van der Waals surface area contributed by atoms with Crippen molar-refractivity contribution >= 4 is 17.7 Å². The number of carboxylic acid groups (broad SMARTS) is 1. The van der Waals surface area contributed by atoms with Gasteiger partial charge in [-0.25, -0.2) is 0 Å². The minimum Gasteiger partial charge on any atom is -0.481 e. The van der Waals surface area contributed by atoms with Gasteiger partial charge in [0.1, 0.15) is 0 Å². The first-order chi connectivity index (χ1) is 8.56. The molecule has 0 aromatic rings. The average molecular weight is 271 g/mol. The summed E-state index contributed by atoms with van der Waals surface area (Å²) >= 11 is 1.98. The molecular formula is C14H25NO2S. The second-order valence-corrected chi connectivity index (χ2v) is 7.31. The van der Waals surface area contributed by atoms with E-state index in [0.717, 1.165) is 38.9 Å². The van der Waals surface area contributed by atoms with E-state index < -0.39 is 11.4 Å². The van der Waals surface area contributed by atoms with E-state index in [1.54, 1.807) is 0 Å². The van der Waals surface area contributed by atoms with Crippen molar-refractivity contribution in [2.45, 2.75) is 50.2 Å². The lowest BCUT2D eigenvalue weighted by Crippen LogP contribution is -2.46. The summed E-state index contributed by atoms with van der Waals surface area (Å²) in [4.78, 5) is 13.9. The summed E-state index contributed by atoms with van der Waals surface area (Å²) in [6.07, 6.45) is 8.77. The molecule has 0 amide bonds. The molecule has 0 aromatic heterocycles. The molecule has 1 unspecified atom stereocenters. The zero-order valence-electron chi connectivity index (χ0n) is 11.6. The van der Waals surface area contributed by atoms with E-state index in [4.69, 9.17) is 0 Å². The van der Waals surface area contributed by atoms with Crippen LogP contribution in [0.25, 0.3) is 0 Å². The number of likely N-dealkylation sites (tertiary alicyclic amines) is 1. The third-order valence-corrected chi connectivity index (χ3v) is 6.23. The van der Waals surface area contributed by atoms with Crippen LogP contribution in [-0.2, 0) is 4.79 Å². The lowest BCUT2D eigenvalue weighted by molar-refractivity contribution is -0.148. The molecule has 2 fully saturated rings. The van der Waals surface area contributed by atoms with Crippen LogP contribution in [0.2, 0.25) is 0 Å². The minimum absolute atomic E-state index is 0.431. The second-order valence-electron chi connectivity index (χ2n) is 6.04. The molecule has 1 N–H and O–H groups in total. The van der Waals surface area contributed by atoms with E-state index in [1.165, 1.54) is 19.3 Å². The van der Waals surface area contributed by atoms with Crippen molar-refractivity contribution in [1.82, 2.24) is 4.90 Å². The molecule has 1 aliphatic carbocycles. The maximum Gasteiger partial charge on any atom is 0.310 e. The Morgan fingerprint density at radius 2 is 2.11 bits per heavy atom. The predicted molar refractivity (Wildman–Crippen MR) is 76.1 cm³/mol. The van der Waals surface area contributed by atoms with Crippen molar-refractivity contribution < 1.29 is 9.90 Å². The third-order valence-electron chi connectivity index (χ3n) is 4.82. The highest BCUT2D eigenvalue weighted by Crippen LogP contribution is 2.45. The SMILES string of the molecule is CCCC1(C(=O)O)CCN(CC2(SC)CCC2)C1.